The zero-order chi connectivity index (χ0) is 24.5. The van der Waals surface area contributed by atoms with Crippen LogP contribution in [0.3, 0.4) is 0 Å². The number of likely N-dealkylation sites (tertiary alicyclic amines) is 1. The third-order valence-corrected chi connectivity index (χ3v) is 5.34. The fourth-order valence-corrected chi connectivity index (χ4v) is 3.64. The predicted molar refractivity (Wildman–Crippen MR) is 123 cm³/mol. The Bertz CT molecular complexity index is 949. The number of carboxylic acid groups (broad SMARTS) is 1. The Morgan fingerprint density at radius 1 is 1.27 bits per heavy atom. The molecule has 0 aromatic rings. The zero-order valence-electron chi connectivity index (χ0n) is 19.2. The minimum atomic E-state index is -1.28. The van der Waals surface area contributed by atoms with Gasteiger partial charge in [-0.15, -0.1) is 0 Å². The van der Waals surface area contributed by atoms with E-state index in [0.717, 1.165) is 0 Å². The number of aliphatic hydroxyl groups is 2. The number of nitrogens with one attached hydrogen (secondary N) is 1. The molecule has 0 spiro atoms. The average molecular weight is 458 g/mol. The first-order valence-corrected chi connectivity index (χ1v) is 11.0. The number of nitriles is 1. The number of amidine groups is 1. The molecule has 3 aliphatic rings. The second-order valence-electron chi connectivity index (χ2n) is 7.51. The highest BCUT2D eigenvalue weighted by atomic mass is 16.4. The maximum absolute atomic E-state index is 12.6. The number of rotatable bonds is 4. The summed E-state index contributed by atoms with van der Waals surface area (Å²) in [5.74, 6) is 0.237. The lowest BCUT2D eigenvalue weighted by Gasteiger charge is -2.35. The second-order valence-corrected chi connectivity index (χ2v) is 7.51. The highest BCUT2D eigenvalue weighted by Gasteiger charge is 2.28. The second kappa shape index (κ2) is 12.0. The van der Waals surface area contributed by atoms with Crippen molar-refractivity contribution in [2.45, 2.75) is 52.4 Å². The molecule has 1 fully saturated rings. The molecule has 0 radical (unpaired) electrons. The molecule has 1 aliphatic carbocycles. The zero-order valence-corrected chi connectivity index (χ0v) is 19.2. The first kappa shape index (κ1) is 25.8. The normalized spacial score (nSPS) is 21.1. The number of aliphatic imine (C=N–C) groups is 1. The molecular weight excluding hydrogens is 426 g/mol. The van der Waals surface area contributed by atoms with E-state index in [-0.39, 0.29) is 24.3 Å². The van der Waals surface area contributed by atoms with Gasteiger partial charge in [-0.25, -0.2) is 9.79 Å². The Hall–Kier alpha value is -3.42. The van der Waals surface area contributed by atoms with E-state index in [9.17, 15) is 25.1 Å². The summed E-state index contributed by atoms with van der Waals surface area (Å²) in [6.45, 7) is 6.53. The van der Waals surface area contributed by atoms with Crippen LogP contribution >= 0.6 is 0 Å². The molecule has 0 aromatic carbocycles. The molecule has 3 rings (SSSR count). The van der Waals surface area contributed by atoms with Gasteiger partial charge >= 0.3 is 6.09 Å². The summed E-state index contributed by atoms with van der Waals surface area (Å²) >= 11 is 0. The Morgan fingerprint density at radius 2 is 1.94 bits per heavy atom. The van der Waals surface area contributed by atoms with Crippen molar-refractivity contribution in [2.75, 3.05) is 19.6 Å². The minimum absolute atomic E-state index is 0.0655. The van der Waals surface area contributed by atoms with Crippen LogP contribution in [0.25, 0.3) is 0 Å². The Kier molecular flexibility index (Phi) is 9.39. The minimum Gasteiger partial charge on any atom is -0.465 e. The van der Waals surface area contributed by atoms with Crippen LogP contribution in [0.4, 0.5) is 4.79 Å². The summed E-state index contributed by atoms with van der Waals surface area (Å²) in [6.07, 6.45) is 4.86. The molecule has 2 aliphatic heterocycles. The van der Waals surface area contributed by atoms with Crippen molar-refractivity contribution in [3.63, 3.8) is 0 Å². The van der Waals surface area contributed by atoms with Crippen LogP contribution in [-0.2, 0) is 4.79 Å². The molecule has 0 saturated carbocycles. The smallest absolute Gasteiger partial charge is 0.409 e. The van der Waals surface area contributed by atoms with Crippen LogP contribution in [-0.4, -0.2) is 74.9 Å². The average Bonchev–Trinajstić information content (AvgIpc) is 2.99. The number of aliphatic hydroxyl groups excluding tert-OH is 2. The molecule has 2 amide bonds. The van der Waals surface area contributed by atoms with Gasteiger partial charge in [0.05, 0.1) is 23.6 Å². The Labute approximate surface area is 193 Å². The van der Waals surface area contributed by atoms with Crippen molar-refractivity contribution in [1.29, 1.82) is 5.26 Å². The first-order valence-electron chi connectivity index (χ1n) is 11.0. The fourth-order valence-electron chi connectivity index (χ4n) is 3.64. The maximum atomic E-state index is 12.6. The van der Waals surface area contributed by atoms with Crippen molar-refractivity contribution in [3.8, 4) is 6.07 Å². The van der Waals surface area contributed by atoms with E-state index >= 15 is 0 Å². The van der Waals surface area contributed by atoms with Gasteiger partial charge in [0.1, 0.15) is 18.6 Å². The van der Waals surface area contributed by atoms with Gasteiger partial charge in [-0.1, -0.05) is 26.0 Å². The molecule has 0 aromatic heterocycles. The Balaban J connectivity index is 0.00000187. The number of nitrogens with zero attached hydrogens (tertiary/aromatic N) is 4. The topological polar surface area (TPSA) is 149 Å². The van der Waals surface area contributed by atoms with Crippen molar-refractivity contribution >= 4 is 17.8 Å². The number of allylic oxidation sites excluding steroid dienone is 4. The standard InChI is InChI=1S/C21H25N5O5.C2H6/c1-13-23-18(16-4-2-3-14(11-22)9-17(16)24-21(30)31)10-19(28)26(13)12-20(29)25-7-5-15(27)6-8-25;1-2/h2,4,9-10,15,19,24,27-28H,3,5-8,12H2,1H3,(H,30,31);1-2H3. The Morgan fingerprint density at radius 3 is 2.52 bits per heavy atom. The van der Waals surface area contributed by atoms with Crippen LogP contribution in [0, 0.1) is 11.3 Å². The molecule has 4 N–H and O–H groups in total. The number of amides is 2. The number of carbonyl (C=O) groups excluding carboxylic acids is 1. The van der Waals surface area contributed by atoms with E-state index in [0.29, 0.717) is 55.0 Å². The molecule has 1 unspecified atom stereocenters. The van der Waals surface area contributed by atoms with E-state index < -0.39 is 12.3 Å². The summed E-state index contributed by atoms with van der Waals surface area (Å²) in [7, 11) is 0. The predicted octanol–water partition coefficient (Wildman–Crippen LogP) is 1.86. The third kappa shape index (κ3) is 6.78. The summed E-state index contributed by atoms with van der Waals surface area (Å²) < 4.78 is 0. The molecule has 1 saturated heterocycles. The highest BCUT2D eigenvalue weighted by Crippen LogP contribution is 2.26. The van der Waals surface area contributed by atoms with Gasteiger partial charge in [0.15, 0.2) is 0 Å². The van der Waals surface area contributed by atoms with Crippen molar-refractivity contribution < 1.29 is 24.9 Å². The number of carbonyl (C=O) groups is 2. The van der Waals surface area contributed by atoms with Gasteiger partial charge in [-0.05, 0) is 31.9 Å². The molecule has 33 heavy (non-hydrogen) atoms. The molecule has 10 nitrogen and oxygen atoms in total. The van der Waals surface area contributed by atoms with Gasteiger partial charge in [-0.2, -0.15) is 5.26 Å². The number of hydrogen-bond donors (Lipinski definition) is 4. The van der Waals surface area contributed by atoms with E-state index in [4.69, 9.17) is 5.11 Å². The highest BCUT2D eigenvalue weighted by molar-refractivity contribution is 5.88. The van der Waals surface area contributed by atoms with Crippen LogP contribution in [0.2, 0.25) is 0 Å². The summed E-state index contributed by atoms with van der Waals surface area (Å²) in [4.78, 5) is 31.4. The van der Waals surface area contributed by atoms with E-state index in [2.05, 4.69) is 10.3 Å². The fraction of sp³-hybridized carbons (Fsp3) is 0.478. The van der Waals surface area contributed by atoms with E-state index in [1.165, 1.54) is 17.1 Å². The monoisotopic (exact) mass is 457 g/mol. The molecular formula is C23H31N5O5. The van der Waals surface area contributed by atoms with Crippen molar-refractivity contribution in [2.24, 2.45) is 4.99 Å². The van der Waals surface area contributed by atoms with Crippen LogP contribution in [0.15, 0.2) is 51.8 Å². The summed E-state index contributed by atoms with van der Waals surface area (Å²) in [6, 6.07) is 2.02. The van der Waals surface area contributed by atoms with Gasteiger partial charge in [-0.3, -0.25) is 10.1 Å². The number of piperidine rings is 1. The van der Waals surface area contributed by atoms with Crippen LogP contribution < -0.4 is 5.32 Å². The van der Waals surface area contributed by atoms with Crippen molar-refractivity contribution in [1.82, 2.24) is 15.1 Å². The summed E-state index contributed by atoms with van der Waals surface area (Å²) in [5, 5.41) is 40.9. The van der Waals surface area contributed by atoms with E-state index in [1.54, 1.807) is 24.0 Å². The van der Waals surface area contributed by atoms with Crippen LogP contribution in [0.5, 0.6) is 0 Å². The summed E-state index contributed by atoms with van der Waals surface area (Å²) in [5.41, 5.74) is 1.32. The SMILES string of the molecule is CC.CC1=NC(C2=C(NC(=O)O)C=C(C#N)CC=C2)=CC(O)N1CC(=O)N1CCC(O)CC1. The van der Waals surface area contributed by atoms with Gasteiger partial charge in [0.2, 0.25) is 5.91 Å². The van der Waals surface area contributed by atoms with Gasteiger partial charge in [0, 0.05) is 30.7 Å². The molecule has 2 heterocycles. The lowest BCUT2D eigenvalue weighted by atomic mass is 10.1. The van der Waals surface area contributed by atoms with E-state index in [1.807, 2.05) is 19.9 Å². The molecule has 178 valence electrons. The van der Waals surface area contributed by atoms with Gasteiger partial charge in [0.25, 0.3) is 0 Å². The van der Waals surface area contributed by atoms with Crippen LogP contribution in [0.1, 0.15) is 40.0 Å². The molecule has 0 bridgehead atoms. The molecule has 10 heteroatoms. The number of hydrogen-bond acceptors (Lipinski definition) is 7. The van der Waals surface area contributed by atoms with Gasteiger partial charge < -0.3 is 25.1 Å². The maximum Gasteiger partial charge on any atom is 0.409 e. The lowest BCUT2D eigenvalue weighted by molar-refractivity contribution is -0.134. The molecule has 1 atom stereocenters. The lowest BCUT2D eigenvalue weighted by Crippen LogP contribution is -2.49. The largest absolute Gasteiger partial charge is 0.465 e. The quantitative estimate of drug-likeness (QED) is 0.503. The third-order valence-electron chi connectivity index (χ3n) is 5.34. The van der Waals surface area contributed by atoms with Crippen molar-refractivity contribution in [3.05, 3.63) is 46.8 Å². The first-order chi connectivity index (χ1) is 15.8.